The highest BCUT2D eigenvalue weighted by Crippen LogP contribution is 2.11. The second kappa shape index (κ2) is 6.51. The number of nitrogens with one attached hydrogen (secondary N) is 1. The minimum absolute atomic E-state index is 0.0163. The van der Waals surface area contributed by atoms with Crippen molar-refractivity contribution in [3.8, 4) is 0 Å². The molecule has 6 nitrogen and oxygen atoms in total. The molecule has 1 amide bonds. The summed E-state index contributed by atoms with van der Waals surface area (Å²) in [5, 5.41) is 2.91. The van der Waals surface area contributed by atoms with Gasteiger partial charge in [-0.3, -0.25) is 4.79 Å². The van der Waals surface area contributed by atoms with Crippen molar-refractivity contribution >= 4 is 5.91 Å². The topological polar surface area (TPSA) is 82.2 Å². The van der Waals surface area contributed by atoms with Gasteiger partial charge >= 0.3 is 0 Å². The van der Waals surface area contributed by atoms with Crippen molar-refractivity contribution in [1.82, 2.24) is 14.9 Å². The van der Waals surface area contributed by atoms with Gasteiger partial charge in [-0.05, 0) is 12.8 Å². The largest absolute Gasteiger partial charge is 0.379 e. The minimum atomic E-state index is -0.182. The summed E-state index contributed by atoms with van der Waals surface area (Å²) in [5.41, 5.74) is 5.78. The molecule has 0 radical (unpaired) electrons. The van der Waals surface area contributed by atoms with Gasteiger partial charge in [-0.15, -0.1) is 0 Å². The summed E-state index contributed by atoms with van der Waals surface area (Å²) in [4.78, 5) is 15.7. The van der Waals surface area contributed by atoms with Gasteiger partial charge in [0.1, 0.15) is 0 Å². The van der Waals surface area contributed by atoms with Crippen LogP contribution in [0.5, 0.6) is 0 Å². The Morgan fingerprint density at radius 3 is 3.06 bits per heavy atom. The molecule has 0 aliphatic carbocycles. The van der Waals surface area contributed by atoms with E-state index in [2.05, 4.69) is 10.3 Å². The molecule has 0 saturated carbocycles. The number of amides is 1. The summed E-state index contributed by atoms with van der Waals surface area (Å²) in [7, 11) is 0. The van der Waals surface area contributed by atoms with Gasteiger partial charge in [-0.2, -0.15) is 0 Å². The predicted octanol–water partition coefficient (Wildman–Crippen LogP) is -0.247. The predicted molar refractivity (Wildman–Crippen MR) is 66.8 cm³/mol. The molecule has 3 N–H and O–H groups in total. The van der Waals surface area contributed by atoms with E-state index in [4.69, 9.17) is 10.5 Å². The van der Waals surface area contributed by atoms with Crippen LogP contribution in [0.15, 0.2) is 18.7 Å². The van der Waals surface area contributed by atoms with Crippen molar-refractivity contribution in [3.05, 3.63) is 18.7 Å². The lowest BCUT2D eigenvalue weighted by molar-refractivity contribution is -0.125. The molecule has 1 fully saturated rings. The second-order valence-corrected chi connectivity index (χ2v) is 4.61. The highest BCUT2D eigenvalue weighted by Gasteiger charge is 2.30. The van der Waals surface area contributed by atoms with Crippen molar-refractivity contribution in [3.63, 3.8) is 0 Å². The van der Waals surface area contributed by atoms with Gasteiger partial charge in [0.15, 0.2) is 0 Å². The molecular weight excluding hydrogens is 232 g/mol. The first kappa shape index (κ1) is 13.0. The number of unbranched alkanes of at least 4 members (excludes halogenated alkanes) is 1. The van der Waals surface area contributed by atoms with E-state index in [1.54, 1.807) is 12.5 Å². The average Bonchev–Trinajstić information content (AvgIpc) is 2.99. The van der Waals surface area contributed by atoms with E-state index in [0.717, 1.165) is 19.4 Å². The smallest absolute Gasteiger partial charge is 0.227 e. The van der Waals surface area contributed by atoms with Gasteiger partial charge in [0.05, 0.1) is 25.5 Å². The lowest BCUT2D eigenvalue weighted by Gasteiger charge is -2.13. The zero-order valence-corrected chi connectivity index (χ0v) is 10.4. The number of aromatic nitrogens is 2. The Kier molecular flexibility index (Phi) is 4.72. The van der Waals surface area contributed by atoms with Crippen molar-refractivity contribution in [2.24, 2.45) is 11.7 Å². The molecule has 2 atom stereocenters. The van der Waals surface area contributed by atoms with Crippen LogP contribution in [-0.2, 0) is 16.1 Å². The number of nitrogens with two attached hydrogens (primary N) is 1. The zero-order chi connectivity index (χ0) is 12.8. The first-order valence-corrected chi connectivity index (χ1v) is 6.34. The first-order valence-electron chi connectivity index (χ1n) is 6.34. The van der Waals surface area contributed by atoms with Crippen molar-refractivity contribution in [2.45, 2.75) is 25.4 Å². The third-order valence-electron chi connectivity index (χ3n) is 3.16. The molecule has 1 aromatic heterocycles. The van der Waals surface area contributed by atoms with E-state index in [9.17, 15) is 4.79 Å². The molecule has 2 rings (SSSR count). The number of aryl methyl sites for hydroxylation is 1. The van der Waals surface area contributed by atoms with Gasteiger partial charge < -0.3 is 20.4 Å². The monoisotopic (exact) mass is 252 g/mol. The molecule has 0 aromatic carbocycles. The molecule has 6 heteroatoms. The van der Waals surface area contributed by atoms with Crippen molar-refractivity contribution < 1.29 is 9.53 Å². The third kappa shape index (κ3) is 3.54. The minimum Gasteiger partial charge on any atom is -0.379 e. The number of nitrogens with zero attached hydrogens (tertiary/aromatic N) is 2. The Bertz CT molecular complexity index is 366. The van der Waals surface area contributed by atoms with Gasteiger partial charge in [-0.25, -0.2) is 4.98 Å². The lowest BCUT2D eigenvalue weighted by Crippen LogP contribution is -2.41. The van der Waals surface area contributed by atoms with Crippen LogP contribution < -0.4 is 11.1 Å². The molecule has 2 heterocycles. The summed E-state index contributed by atoms with van der Waals surface area (Å²) < 4.78 is 7.20. The van der Waals surface area contributed by atoms with Crippen molar-refractivity contribution in [2.75, 3.05) is 19.8 Å². The SMILES string of the molecule is NC1COCC1C(=O)NCCCCn1ccnc1. The fraction of sp³-hybridized carbons (Fsp3) is 0.667. The lowest BCUT2D eigenvalue weighted by atomic mass is 10.0. The molecule has 0 bridgehead atoms. The van der Waals surface area contributed by atoms with E-state index in [0.29, 0.717) is 19.8 Å². The Morgan fingerprint density at radius 2 is 2.39 bits per heavy atom. The van der Waals surface area contributed by atoms with Crippen LogP contribution in [0.25, 0.3) is 0 Å². The highest BCUT2D eigenvalue weighted by atomic mass is 16.5. The van der Waals surface area contributed by atoms with E-state index in [-0.39, 0.29) is 17.9 Å². The molecule has 1 aromatic rings. The number of carbonyl (C=O) groups excluding carboxylic acids is 1. The summed E-state index contributed by atoms with van der Waals surface area (Å²) in [6.45, 7) is 2.55. The molecule has 0 spiro atoms. The average molecular weight is 252 g/mol. The Hall–Kier alpha value is -1.40. The maximum atomic E-state index is 11.8. The van der Waals surface area contributed by atoms with Gasteiger partial charge in [0.25, 0.3) is 0 Å². The first-order chi connectivity index (χ1) is 8.77. The van der Waals surface area contributed by atoms with E-state index in [1.807, 2.05) is 10.8 Å². The fourth-order valence-electron chi connectivity index (χ4n) is 2.02. The second-order valence-electron chi connectivity index (χ2n) is 4.61. The van der Waals surface area contributed by atoms with Gasteiger partial charge in [-0.1, -0.05) is 0 Å². The third-order valence-corrected chi connectivity index (χ3v) is 3.16. The van der Waals surface area contributed by atoms with E-state index >= 15 is 0 Å². The number of ether oxygens (including phenoxy) is 1. The Morgan fingerprint density at radius 1 is 1.50 bits per heavy atom. The fourth-order valence-corrected chi connectivity index (χ4v) is 2.02. The number of imidazole rings is 1. The maximum absolute atomic E-state index is 11.8. The Balaban J connectivity index is 1.56. The van der Waals surface area contributed by atoms with Crippen molar-refractivity contribution in [1.29, 1.82) is 0 Å². The molecule has 1 aliphatic rings. The van der Waals surface area contributed by atoms with E-state index < -0.39 is 0 Å². The van der Waals surface area contributed by atoms with Crippen LogP contribution in [-0.4, -0.2) is 41.3 Å². The number of hydrogen-bond acceptors (Lipinski definition) is 4. The zero-order valence-electron chi connectivity index (χ0n) is 10.4. The molecule has 18 heavy (non-hydrogen) atoms. The standard InChI is InChI=1S/C12H20N4O2/c13-11-8-18-7-10(11)12(17)15-3-1-2-5-16-6-4-14-9-16/h4,6,9-11H,1-3,5,7-8,13H2,(H,15,17). The molecule has 2 unspecified atom stereocenters. The van der Waals surface area contributed by atoms with Gasteiger partial charge in [0, 0.05) is 31.5 Å². The summed E-state index contributed by atoms with van der Waals surface area (Å²) in [5.74, 6) is -0.165. The quantitative estimate of drug-likeness (QED) is 0.684. The van der Waals surface area contributed by atoms with Crippen LogP contribution >= 0.6 is 0 Å². The van der Waals surface area contributed by atoms with Crippen LogP contribution in [0, 0.1) is 5.92 Å². The van der Waals surface area contributed by atoms with E-state index in [1.165, 1.54) is 0 Å². The summed E-state index contributed by atoms with van der Waals surface area (Å²) in [6.07, 6.45) is 7.47. The molecule has 100 valence electrons. The Labute approximate surface area is 107 Å². The number of carbonyl (C=O) groups is 1. The summed E-state index contributed by atoms with van der Waals surface area (Å²) >= 11 is 0. The van der Waals surface area contributed by atoms with Crippen LogP contribution in [0.3, 0.4) is 0 Å². The maximum Gasteiger partial charge on any atom is 0.227 e. The summed E-state index contributed by atoms with van der Waals surface area (Å²) in [6, 6.07) is -0.157. The van der Waals surface area contributed by atoms with Crippen LogP contribution in [0.2, 0.25) is 0 Å². The van der Waals surface area contributed by atoms with Crippen LogP contribution in [0.4, 0.5) is 0 Å². The normalized spacial score (nSPS) is 23.2. The number of hydrogen-bond donors (Lipinski definition) is 2. The van der Waals surface area contributed by atoms with Crippen LogP contribution in [0.1, 0.15) is 12.8 Å². The highest BCUT2D eigenvalue weighted by molar-refractivity contribution is 5.79. The molecular formula is C12H20N4O2. The molecule has 1 aliphatic heterocycles. The number of rotatable bonds is 6. The molecule has 1 saturated heterocycles. The van der Waals surface area contributed by atoms with Gasteiger partial charge in [0.2, 0.25) is 5.91 Å².